The predicted octanol–water partition coefficient (Wildman–Crippen LogP) is 0.714. The lowest BCUT2D eigenvalue weighted by Gasteiger charge is -2.07. The monoisotopic (exact) mass is 241 g/mol. The Morgan fingerprint density at radius 1 is 1.38 bits per heavy atom. The summed E-state index contributed by atoms with van der Waals surface area (Å²) in [6.07, 6.45) is 1.54. The molecule has 1 aliphatic rings. The molecule has 0 saturated carbocycles. The zero-order chi connectivity index (χ0) is 11.8. The Hall–Kier alpha value is -1.37. The molecule has 16 heavy (non-hydrogen) atoms. The summed E-state index contributed by atoms with van der Waals surface area (Å²) in [5.74, 6) is 5.23. The molecule has 0 aromatic heterocycles. The fourth-order valence-corrected chi connectivity index (χ4v) is 3.30. The molecule has 0 atom stereocenters. The minimum absolute atomic E-state index is 0.139. The molecule has 1 aromatic carbocycles. The van der Waals surface area contributed by atoms with E-state index in [-0.39, 0.29) is 16.4 Å². The molecule has 0 unspecified atom stereocenters. The number of rotatable bonds is 3. The van der Waals surface area contributed by atoms with Crippen LogP contribution in [0.1, 0.15) is 5.56 Å². The van der Waals surface area contributed by atoms with Crippen LogP contribution >= 0.6 is 0 Å². The van der Waals surface area contributed by atoms with Gasteiger partial charge >= 0.3 is 0 Å². The van der Waals surface area contributed by atoms with E-state index in [0.29, 0.717) is 11.3 Å². The molecule has 0 bridgehead atoms. The van der Waals surface area contributed by atoms with Crippen molar-refractivity contribution in [1.82, 2.24) is 0 Å². The molecule has 0 saturated heterocycles. The Labute approximate surface area is 93.3 Å². The van der Waals surface area contributed by atoms with Crippen LogP contribution in [0.25, 0.3) is 6.08 Å². The number of hydrogen-bond acceptors (Lipinski definition) is 5. The van der Waals surface area contributed by atoms with Gasteiger partial charge in [-0.1, -0.05) is 12.1 Å². The van der Waals surface area contributed by atoms with Gasteiger partial charge in [0.2, 0.25) is 9.84 Å². The van der Waals surface area contributed by atoms with E-state index in [9.17, 15) is 8.42 Å². The van der Waals surface area contributed by atoms with Gasteiger partial charge in [0.25, 0.3) is 0 Å². The van der Waals surface area contributed by atoms with Crippen molar-refractivity contribution in [3.63, 3.8) is 0 Å². The van der Waals surface area contributed by atoms with Crippen LogP contribution in [0, 0.1) is 0 Å². The lowest BCUT2D eigenvalue weighted by molar-refractivity contribution is 0.166. The lowest BCUT2D eigenvalue weighted by atomic mass is 10.2. The average molecular weight is 241 g/mol. The third-order valence-corrected chi connectivity index (χ3v) is 4.29. The number of sulfone groups is 1. The van der Waals surface area contributed by atoms with Crippen molar-refractivity contribution in [2.24, 2.45) is 5.90 Å². The summed E-state index contributed by atoms with van der Waals surface area (Å²) in [6, 6.07) is 5.05. The van der Waals surface area contributed by atoms with E-state index in [1.807, 2.05) is 0 Å². The van der Waals surface area contributed by atoms with E-state index >= 15 is 0 Å². The SMILES string of the molecule is COc1cccc2c1S(=O)(=O)C(CON)=C2. The van der Waals surface area contributed by atoms with E-state index in [1.165, 1.54) is 7.11 Å². The largest absolute Gasteiger partial charge is 0.495 e. The highest BCUT2D eigenvalue weighted by Crippen LogP contribution is 2.38. The fourth-order valence-electron chi connectivity index (χ4n) is 1.68. The van der Waals surface area contributed by atoms with E-state index < -0.39 is 9.84 Å². The highest BCUT2D eigenvalue weighted by atomic mass is 32.2. The van der Waals surface area contributed by atoms with Crippen LogP contribution in [-0.2, 0) is 14.7 Å². The number of nitrogens with two attached hydrogens (primary N) is 1. The zero-order valence-electron chi connectivity index (χ0n) is 8.64. The molecule has 0 radical (unpaired) electrons. The molecule has 0 amide bonds. The van der Waals surface area contributed by atoms with E-state index in [1.54, 1.807) is 24.3 Å². The van der Waals surface area contributed by atoms with Gasteiger partial charge in [0.05, 0.1) is 12.0 Å². The van der Waals surface area contributed by atoms with Crippen molar-refractivity contribution in [1.29, 1.82) is 0 Å². The molecule has 5 nitrogen and oxygen atoms in total. The predicted molar refractivity (Wildman–Crippen MR) is 58.3 cm³/mol. The second-order valence-corrected chi connectivity index (χ2v) is 5.24. The molecule has 2 rings (SSSR count). The van der Waals surface area contributed by atoms with Crippen LogP contribution in [0.5, 0.6) is 5.75 Å². The van der Waals surface area contributed by atoms with Gasteiger partial charge in [-0.3, -0.25) is 4.84 Å². The van der Waals surface area contributed by atoms with Crippen molar-refractivity contribution < 1.29 is 18.0 Å². The highest BCUT2D eigenvalue weighted by Gasteiger charge is 2.32. The van der Waals surface area contributed by atoms with Crippen LogP contribution < -0.4 is 10.6 Å². The maximum Gasteiger partial charge on any atom is 0.209 e. The van der Waals surface area contributed by atoms with Crippen molar-refractivity contribution in [3.05, 3.63) is 28.7 Å². The number of hydrogen-bond donors (Lipinski definition) is 1. The van der Waals surface area contributed by atoms with Crippen LogP contribution in [0.3, 0.4) is 0 Å². The molecule has 0 fully saturated rings. The minimum atomic E-state index is -3.52. The topological polar surface area (TPSA) is 78.6 Å². The number of methoxy groups -OCH3 is 1. The van der Waals surface area contributed by atoms with E-state index in [0.717, 1.165) is 0 Å². The fraction of sp³-hybridized carbons (Fsp3) is 0.200. The Balaban J connectivity index is 2.62. The van der Waals surface area contributed by atoms with Gasteiger partial charge in [-0.25, -0.2) is 14.3 Å². The van der Waals surface area contributed by atoms with Crippen LogP contribution in [0.4, 0.5) is 0 Å². The lowest BCUT2D eigenvalue weighted by Crippen LogP contribution is -2.10. The summed E-state index contributed by atoms with van der Waals surface area (Å²) in [6.45, 7) is -0.139. The number of fused-ring (bicyclic) bond motifs is 1. The molecule has 1 heterocycles. The standard InChI is InChI=1S/C10H11NO4S/c1-14-9-4-2-3-7-5-8(6-15-11)16(12,13)10(7)9/h2-5H,6,11H2,1H3. The molecule has 2 N–H and O–H groups in total. The van der Waals surface area contributed by atoms with Gasteiger partial charge in [-0.15, -0.1) is 0 Å². The van der Waals surface area contributed by atoms with Crippen molar-refractivity contribution in [2.75, 3.05) is 13.7 Å². The van der Waals surface area contributed by atoms with Crippen LogP contribution in [0.2, 0.25) is 0 Å². The molecular weight excluding hydrogens is 230 g/mol. The van der Waals surface area contributed by atoms with E-state index in [2.05, 4.69) is 4.84 Å². The first kappa shape index (κ1) is 11.1. The van der Waals surface area contributed by atoms with Gasteiger partial charge in [0, 0.05) is 0 Å². The highest BCUT2D eigenvalue weighted by molar-refractivity contribution is 7.96. The summed E-state index contributed by atoms with van der Waals surface area (Å²) in [5.41, 5.74) is 0.603. The third-order valence-electron chi connectivity index (χ3n) is 2.39. The van der Waals surface area contributed by atoms with Crippen molar-refractivity contribution in [2.45, 2.75) is 4.90 Å². The summed E-state index contributed by atoms with van der Waals surface area (Å²) in [5, 5.41) is 0. The maximum absolute atomic E-state index is 12.1. The van der Waals surface area contributed by atoms with Crippen molar-refractivity contribution >= 4 is 15.9 Å². The van der Waals surface area contributed by atoms with Gasteiger partial charge < -0.3 is 4.74 Å². The smallest absolute Gasteiger partial charge is 0.209 e. The maximum atomic E-state index is 12.1. The molecule has 1 aromatic rings. The van der Waals surface area contributed by atoms with E-state index in [4.69, 9.17) is 10.6 Å². The summed E-state index contributed by atoms with van der Waals surface area (Å²) in [7, 11) is -2.09. The molecule has 0 spiro atoms. The first-order chi connectivity index (χ1) is 7.61. The first-order valence-corrected chi connectivity index (χ1v) is 6.04. The third kappa shape index (κ3) is 1.51. The Morgan fingerprint density at radius 2 is 2.12 bits per heavy atom. The van der Waals surface area contributed by atoms with Crippen LogP contribution in [0.15, 0.2) is 28.0 Å². The second kappa shape index (κ2) is 3.89. The number of benzene rings is 1. The summed E-state index contributed by atoms with van der Waals surface area (Å²) in [4.78, 5) is 4.71. The zero-order valence-corrected chi connectivity index (χ0v) is 9.45. The molecule has 0 aliphatic carbocycles. The van der Waals surface area contributed by atoms with Gasteiger partial charge in [0.1, 0.15) is 17.3 Å². The van der Waals surface area contributed by atoms with Gasteiger partial charge in [-0.05, 0) is 17.7 Å². The van der Waals surface area contributed by atoms with Crippen LogP contribution in [-0.4, -0.2) is 22.1 Å². The first-order valence-electron chi connectivity index (χ1n) is 4.55. The Morgan fingerprint density at radius 3 is 2.75 bits per heavy atom. The normalized spacial score (nSPS) is 16.8. The molecule has 6 heteroatoms. The summed E-state index contributed by atoms with van der Waals surface area (Å²) >= 11 is 0. The molecule has 1 aliphatic heterocycles. The summed E-state index contributed by atoms with van der Waals surface area (Å²) < 4.78 is 29.2. The Kier molecular flexibility index (Phi) is 2.71. The average Bonchev–Trinajstić information content (AvgIpc) is 2.52. The Bertz CT molecular complexity index is 548. The molecular formula is C10H11NO4S. The number of ether oxygens (including phenoxy) is 1. The van der Waals surface area contributed by atoms with Gasteiger partial charge in [-0.2, -0.15) is 0 Å². The second-order valence-electron chi connectivity index (χ2n) is 3.30. The van der Waals surface area contributed by atoms with Crippen molar-refractivity contribution in [3.8, 4) is 5.75 Å². The minimum Gasteiger partial charge on any atom is -0.495 e. The van der Waals surface area contributed by atoms with Gasteiger partial charge in [0.15, 0.2) is 0 Å². The molecule has 86 valence electrons. The quantitative estimate of drug-likeness (QED) is 0.788.